The molecule has 3 heterocycles. The van der Waals surface area contributed by atoms with E-state index in [1.165, 1.54) is 42.4 Å². The van der Waals surface area contributed by atoms with Gasteiger partial charge in [0.15, 0.2) is 5.82 Å². The van der Waals surface area contributed by atoms with E-state index in [9.17, 15) is 0 Å². The van der Waals surface area contributed by atoms with E-state index in [2.05, 4.69) is 188 Å². The monoisotopic (exact) mass is 771 g/mol. The summed E-state index contributed by atoms with van der Waals surface area (Å²) in [5, 5.41) is 4.76. The van der Waals surface area contributed by atoms with E-state index in [1.54, 1.807) is 0 Å². The maximum atomic E-state index is 5.53. The second-order valence-corrected chi connectivity index (χ2v) is 16.1. The Morgan fingerprint density at radius 1 is 0.475 bits per heavy atom. The van der Waals surface area contributed by atoms with Gasteiger partial charge in [-0.05, 0) is 63.7 Å². The molecular weight excluding hydrogens is 735 g/mol. The van der Waals surface area contributed by atoms with Crippen molar-refractivity contribution in [2.75, 3.05) is 0 Å². The van der Waals surface area contributed by atoms with Crippen molar-refractivity contribution in [1.82, 2.24) is 15.0 Å². The van der Waals surface area contributed by atoms with E-state index in [0.717, 1.165) is 68.0 Å². The zero-order valence-electron chi connectivity index (χ0n) is 32.2. The van der Waals surface area contributed by atoms with Crippen molar-refractivity contribution >= 4 is 43.1 Å². The van der Waals surface area contributed by atoms with Crippen molar-refractivity contribution in [3.05, 3.63) is 212 Å². The summed E-state index contributed by atoms with van der Waals surface area (Å²) in [6.07, 6.45) is 9.60. The maximum absolute atomic E-state index is 5.53. The summed E-state index contributed by atoms with van der Waals surface area (Å²) in [5.74, 6) is 0.968. The fourth-order valence-corrected chi connectivity index (χ4v) is 9.74. The van der Waals surface area contributed by atoms with E-state index < -0.39 is 0 Å². The van der Waals surface area contributed by atoms with Gasteiger partial charge in [0.2, 0.25) is 0 Å². The smallest absolute Gasteiger partial charge is 0.160 e. The van der Waals surface area contributed by atoms with E-state index in [4.69, 9.17) is 15.0 Å². The number of hydrogen-bond acceptors (Lipinski definition) is 4. The lowest BCUT2D eigenvalue weighted by Gasteiger charge is -2.15. The summed E-state index contributed by atoms with van der Waals surface area (Å²) in [6, 6.07) is 64.9. The van der Waals surface area contributed by atoms with Crippen molar-refractivity contribution < 1.29 is 0 Å². The first-order valence-electron chi connectivity index (χ1n) is 20.1. The number of benzene rings is 7. The van der Waals surface area contributed by atoms with Gasteiger partial charge < -0.3 is 0 Å². The second-order valence-electron chi connectivity index (χ2n) is 15.1. The van der Waals surface area contributed by atoms with Gasteiger partial charge in [0, 0.05) is 48.5 Å². The fourth-order valence-electron chi connectivity index (χ4n) is 8.39. The molecule has 59 heavy (non-hydrogen) atoms. The summed E-state index contributed by atoms with van der Waals surface area (Å²) in [5.41, 5.74) is 13.0. The highest BCUT2D eigenvalue weighted by Crippen LogP contribution is 2.50. The van der Waals surface area contributed by atoms with E-state index in [-0.39, 0.29) is 5.92 Å². The van der Waals surface area contributed by atoms with Crippen LogP contribution >= 0.6 is 11.3 Å². The third-order valence-corrected chi connectivity index (χ3v) is 12.7. The van der Waals surface area contributed by atoms with Crippen molar-refractivity contribution in [1.29, 1.82) is 0 Å². The Morgan fingerprint density at radius 3 is 1.88 bits per heavy atom. The number of thiophene rings is 1. The molecule has 0 radical (unpaired) electrons. The lowest BCUT2D eigenvalue weighted by atomic mass is 9.93. The summed E-state index contributed by atoms with van der Waals surface area (Å²) in [7, 11) is 0. The van der Waals surface area contributed by atoms with E-state index >= 15 is 0 Å². The molecule has 0 saturated heterocycles. The van der Waals surface area contributed by atoms with Gasteiger partial charge in [-0.25, -0.2) is 15.0 Å². The zero-order chi connectivity index (χ0) is 39.1. The number of pyridine rings is 1. The van der Waals surface area contributed by atoms with Gasteiger partial charge in [0.1, 0.15) is 0 Å². The van der Waals surface area contributed by atoms with Gasteiger partial charge in [0.05, 0.1) is 22.6 Å². The van der Waals surface area contributed by atoms with Crippen LogP contribution in [0.15, 0.2) is 206 Å². The predicted octanol–water partition coefficient (Wildman–Crippen LogP) is 15.0. The minimum Gasteiger partial charge on any atom is -0.247 e. The predicted molar refractivity (Wildman–Crippen MR) is 248 cm³/mol. The quantitative estimate of drug-likeness (QED) is 0.162. The molecule has 4 heteroatoms. The molecule has 1 atom stereocenters. The highest BCUT2D eigenvalue weighted by Gasteiger charge is 2.23. The van der Waals surface area contributed by atoms with Crippen LogP contribution in [0.1, 0.15) is 18.0 Å². The zero-order valence-corrected chi connectivity index (χ0v) is 33.0. The number of hydrogen-bond donors (Lipinski definition) is 0. The van der Waals surface area contributed by atoms with Gasteiger partial charge in [-0.3, -0.25) is 0 Å². The lowest BCUT2D eigenvalue weighted by molar-refractivity contribution is 0.811. The van der Waals surface area contributed by atoms with Crippen LogP contribution in [0.25, 0.3) is 98.4 Å². The van der Waals surface area contributed by atoms with Crippen LogP contribution in [0.3, 0.4) is 0 Å². The molecule has 10 aromatic rings. The standard InChI is InChI=1S/C55H37N3S/c1-5-16-38(17-6-1)48-35-49(58-55(57-48)42-22-11-4-12-23-42)39-28-25-37(26-29-39)44-31-32-47-46(34-44)54-51(52(56-47)45-30-27-36-15-13-14-24-43(36)33-45)50(40-18-7-2-8-19-40)53(59-54)41-20-9-3-10-21-41/h1-16,18-35,38H,17H2. The topological polar surface area (TPSA) is 38.7 Å². The molecule has 0 fully saturated rings. The summed E-state index contributed by atoms with van der Waals surface area (Å²) in [4.78, 5) is 16.9. The molecule has 278 valence electrons. The third kappa shape index (κ3) is 6.54. The Balaban J connectivity index is 1.07. The Hall–Kier alpha value is -7.27. The van der Waals surface area contributed by atoms with Gasteiger partial charge in [-0.1, -0.05) is 182 Å². The highest BCUT2D eigenvalue weighted by atomic mass is 32.1. The highest BCUT2D eigenvalue weighted by molar-refractivity contribution is 7.24. The van der Waals surface area contributed by atoms with Crippen LogP contribution in [-0.2, 0) is 0 Å². The summed E-state index contributed by atoms with van der Waals surface area (Å²) < 4.78 is 1.24. The molecule has 0 spiro atoms. The summed E-state index contributed by atoms with van der Waals surface area (Å²) >= 11 is 1.87. The number of aromatic nitrogens is 3. The van der Waals surface area contributed by atoms with Crippen LogP contribution in [0.2, 0.25) is 0 Å². The normalized spacial score (nSPS) is 13.7. The summed E-state index contributed by atoms with van der Waals surface area (Å²) in [6.45, 7) is 0. The third-order valence-electron chi connectivity index (χ3n) is 11.4. The Kier molecular flexibility index (Phi) is 8.83. The van der Waals surface area contributed by atoms with Gasteiger partial charge in [0.25, 0.3) is 0 Å². The number of fused-ring (bicyclic) bond motifs is 4. The maximum Gasteiger partial charge on any atom is 0.160 e. The molecule has 0 N–H and O–H groups in total. The molecule has 1 aliphatic carbocycles. The van der Waals surface area contributed by atoms with Crippen LogP contribution in [0, 0.1) is 0 Å². The molecule has 1 aliphatic rings. The van der Waals surface area contributed by atoms with Crippen LogP contribution in [0.5, 0.6) is 0 Å². The molecule has 3 nitrogen and oxygen atoms in total. The second kappa shape index (κ2) is 14.9. The minimum absolute atomic E-state index is 0.218. The molecule has 3 aromatic heterocycles. The number of allylic oxidation sites excluding steroid dienone is 4. The average Bonchev–Trinajstić information content (AvgIpc) is 3.73. The molecular formula is C55H37N3S. The van der Waals surface area contributed by atoms with Crippen LogP contribution < -0.4 is 0 Å². The van der Waals surface area contributed by atoms with Gasteiger partial charge >= 0.3 is 0 Å². The molecule has 0 saturated carbocycles. The lowest BCUT2D eigenvalue weighted by Crippen LogP contribution is -2.03. The first-order valence-corrected chi connectivity index (χ1v) is 20.9. The molecule has 0 bridgehead atoms. The van der Waals surface area contributed by atoms with Crippen molar-refractivity contribution in [3.63, 3.8) is 0 Å². The molecule has 7 aromatic carbocycles. The molecule has 1 unspecified atom stereocenters. The average molecular weight is 772 g/mol. The Morgan fingerprint density at radius 2 is 1.14 bits per heavy atom. The number of nitrogens with zero attached hydrogens (tertiary/aromatic N) is 3. The number of rotatable bonds is 7. The van der Waals surface area contributed by atoms with Gasteiger partial charge in [-0.2, -0.15) is 0 Å². The molecule has 11 rings (SSSR count). The Bertz CT molecular complexity index is 3220. The van der Waals surface area contributed by atoms with E-state index in [1.807, 2.05) is 29.5 Å². The van der Waals surface area contributed by atoms with Crippen LogP contribution in [0.4, 0.5) is 0 Å². The van der Waals surface area contributed by atoms with Crippen LogP contribution in [-0.4, -0.2) is 15.0 Å². The fraction of sp³-hybridized carbons (Fsp3) is 0.0364. The van der Waals surface area contributed by atoms with Gasteiger partial charge in [-0.15, -0.1) is 11.3 Å². The van der Waals surface area contributed by atoms with E-state index in [0.29, 0.717) is 0 Å². The van der Waals surface area contributed by atoms with Crippen molar-refractivity contribution in [3.8, 4) is 66.6 Å². The van der Waals surface area contributed by atoms with Crippen molar-refractivity contribution in [2.45, 2.75) is 12.3 Å². The largest absolute Gasteiger partial charge is 0.247 e. The van der Waals surface area contributed by atoms with Crippen molar-refractivity contribution in [2.24, 2.45) is 0 Å². The first kappa shape index (κ1) is 34.9. The molecule has 0 amide bonds. The Labute approximate surface area is 347 Å². The minimum atomic E-state index is 0.218. The first-order chi connectivity index (χ1) is 29.2. The molecule has 0 aliphatic heterocycles. The SMILES string of the molecule is C1=CCC(c2cc(-c3ccc(-c4ccc5nc(-c6ccc7ccccc7c6)c6c(-c7ccccc7)c(-c7ccccc7)sc6c5c4)cc3)nc(-c3ccccc3)n2)C=C1.